The maximum atomic E-state index is 10.1. The third-order valence-corrected chi connectivity index (χ3v) is 4.42. The molecule has 0 bridgehead atoms. The molecule has 0 spiro atoms. The lowest BCUT2D eigenvalue weighted by Gasteiger charge is -2.24. The summed E-state index contributed by atoms with van der Waals surface area (Å²) in [5.74, 6) is 0. The van der Waals surface area contributed by atoms with Crippen molar-refractivity contribution in [3.8, 4) is 0 Å². The zero-order valence-corrected chi connectivity index (χ0v) is 10.4. The summed E-state index contributed by atoms with van der Waals surface area (Å²) in [4.78, 5) is 1.24. The predicted molar refractivity (Wildman–Crippen MR) is 61.3 cm³/mol. The molecular weight excluding hydrogens is 248 g/mol. The quantitative estimate of drug-likeness (QED) is 0.879. The fourth-order valence-corrected chi connectivity index (χ4v) is 2.88. The van der Waals surface area contributed by atoms with Gasteiger partial charge >= 0.3 is 0 Å². The summed E-state index contributed by atoms with van der Waals surface area (Å²) in [6.45, 7) is 4.07. The molecule has 1 aromatic rings. The number of thiophene rings is 1. The van der Waals surface area contributed by atoms with Crippen LogP contribution in [0.1, 0.15) is 31.6 Å². The molecule has 0 aliphatic carbocycles. The highest BCUT2D eigenvalue weighted by atomic mass is 79.9. The Balaban J connectivity index is 2.73. The summed E-state index contributed by atoms with van der Waals surface area (Å²) >= 11 is 5.18. The van der Waals surface area contributed by atoms with E-state index in [4.69, 9.17) is 0 Å². The number of aliphatic hydroxyl groups is 1. The van der Waals surface area contributed by atoms with E-state index in [0.717, 1.165) is 23.7 Å². The van der Waals surface area contributed by atoms with Gasteiger partial charge in [0.25, 0.3) is 0 Å². The number of rotatable bonds is 4. The fourth-order valence-electron chi connectivity index (χ4n) is 1.25. The molecule has 1 nitrogen and oxygen atoms in total. The van der Waals surface area contributed by atoms with Crippen LogP contribution in [0.5, 0.6) is 0 Å². The Labute approximate surface area is 91.9 Å². The van der Waals surface area contributed by atoms with Crippen molar-refractivity contribution in [2.45, 2.75) is 38.7 Å². The highest BCUT2D eigenvalue weighted by Crippen LogP contribution is 2.29. The molecule has 74 valence electrons. The number of halogens is 1. The van der Waals surface area contributed by atoms with Gasteiger partial charge in [-0.2, -0.15) is 0 Å². The zero-order valence-electron chi connectivity index (χ0n) is 8.01. The summed E-state index contributed by atoms with van der Waals surface area (Å²) < 4.78 is 1.12. The second-order valence-electron chi connectivity index (χ2n) is 3.30. The van der Waals surface area contributed by atoms with Crippen LogP contribution in [0, 0.1) is 0 Å². The first kappa shape index (κ1) is 11.2. The summed E-state index contributed by atoms with van der Waals surface area (Å²) in [6.07, 6.45) is 2.39. The lowest BCUT2D eigenvalue weighted by Crippen LogP contribution is -2.29. The summed E-state index contributed by atoms with van der Waals surface area (Å²) in [6, 6.07) is 2.03. The molecule has 0 aliphatic rings. The number of hydrogen-bond donors (Lipinski definition) is 1. The summed E-state index contributed by atoms with van der Waals surface area (Å²) in [7, 11) is 0. The Hall–Kier alpha value is 0.140. The first-order valence-corrected chi connectivity index (χ1v) is 6.23. The van der Waals surface area contributed by atoms with E-state index in [1.165, 1.54) is 4.88 Å². The molecular formula is C10H15BrOS. The van der Waals surface area contributed by atoms with E-state index in [1.54, 1.807) is 11.3 Å². The molecule has 1 N–H and O–H groups in total. The van der Waals surface area contributed by atoms with Crippen LogP contribution in [-0.2, 0) is 6.42 Å². The number of hydrogen-bond acceptors (Lipinski definition) is 2. The molecule has 0 saturated carbocycles. The Morgan fingerprint density at radius 1 is 1.46 bits per heavy atom. The van der Waals surface area contributed by atoms with E-state index >= 15 is 0 Å². The molecule has 1 aromatic heterocycles. The van der Waals surface area contributed by atoms with E-state index in [2.05, 4.69) is 15.9 Å². The van der Waals surface area contributed by atoms with Crippen molar-refractivity contribution in [3.05, 3.63) is 20.8 Å². The van der Waals surface area contributed by atoms with Gasteiger partial charge in [-0.1, -0.05) is 13.8 Å². The Morgan fingerprint density at radius 3 is 2.46 bits per heavy atom. The minimum absolute atomic E-state index is 0.520. The highest BCUT2D eigenvalue weighted by Gasteiger charge is 2.23. The van der Waals surface area contributed by atoms with Crippen LogP contribution in [0.15, 0.2) is 15.9 Å². The largest absolute Gasteiger partial charge is 0.390 e. The van der Waals surface area contributed by atoms with Crippen LogP contribution >= 0.6 is 27.3 Å². The molecule has 0 amide bonds. The molecule has 0 aromatic carbocycles. The highest BCUT2D eigenvalue weighted by molar-refractivity contribution is 9.10. The molecule has 0 atom stereocenters. The minimum Gasteiger partial charge on any atom is -0.390 e. The van der Waals surface area contributed by atoms with Crippen molar-refractivity contribution in [1.29, 1.82) is 0 Å². The lowest BCUT2D eigenvalue weighted by atomic mass is 9.93. The molecule has 1 rings (SSSR count). The average Bonchev–Trinajstić information content (AvgIpc) is 2.52. The van der Waals surface area contributed by atoms with Crippen molar-refractivity contribution in [1.82, 2.24) is 0 Å². The first-order chi connectivity index (χ1) is 6.11. The van der Waals surface area contributed by atoms with Gasteiger partial charge < -0.3 is 5.11 Å². The smallest absolute Gasteiger partial charge is 0.0691 e. The summed E-state index contributed by atoms with van der Waals surface area (Å²) in [5, 5.41) is 12.2. The Bertz CT molecular complexity index is 266. The van der Waals surface area contributed by atoms with Gasteiger partial charge in [-0.3, -0.25) is 0 Å². The van der Waals surface area contributed by atoms with Crippen LogP contribution < -0.4 is 0 Å². The maximum Gasteiger partial charge on any atom is 0.0691 e. The molecule has 3 heteroatoms. The minimum atomic E-state index is -0.520. The molecule has 0 unspecified atom stereocenters. The maximum absolute atomic E-state index is 10.1. The molecule has 0 fully saturated rings. The normalized spacial score (nSPS) is 12.0. The van der Waals surface area contributed by atoms with Gasteiger partial charge in [-0.05, 0) is 40.2 Å². The Morgan fingerprint density at radius 2 is 2.08 bits per heavy atom. The van der Waals surface area contributed by atoms with Gasteiger partial charge in [-0.15, -0.1) is 11.3 Å². The summed E-state index contributed by atoms with van der Waals surface area (Å²) in [5.41, 5.74) is -0.520. The van der Waals surface area contributed by atoms with Gasteiger partial charge in [0.1, 0.15) is 0 Å². The van der Waals surface area contributed by atoms with E-state index in [1.807, 2.05) is 25.3 Å². The van der Waals surface area contributed by atoms with Crippen molar-refractivity contribution < 1.29 is 5.11 Å². The van der Waals surface area contributed by atoms with Crippen LogP contribution in [0.25, 0.3) is 0 Å². The first-order valence-electron chi connectivity index (χ1n) is 4.55. The lowest BCUT2D eigenvalue weighted by molar-refractivity contribution is 0.0333. The fraction of sp³-hybridized carbons (Fsp3) is 0.600. The standard InChI is InChI=1S/C10H15BrOS/c1-3-10(12,4-2)7-9-8(11)5-6-13-9/h5-6,12H,3-4,7H2,1-2H3. The van der Waals surface area contributed by atoms with E-state index < -0.39 is 5.60 Å². The molecule has 1 heterocycles. The molecule has 13 heavy (non-hydrogen) atoms. The topological polar surface area (TPSA) is 20.2 Å². The third-order valence-electron chi connectivity index (χ3n) is 2.50. The molecule has 0 aliphatic heterocycles. The van der Waals surface area contributed by atoms with Gasteiger partial charge in [0.15, 0.2) is 0 Å². The molecule has 0 radical (unpaired) electrons. The average molecular weight is 263 g/mol. The van der Waals surface area contributed by atoms with E-state index in [9.17, 15) is 5.11 Å². The second-order valence-corrected chi connectivity index (χ2v) is 5.15. The zero-order chi connectivity index (χ0) is 9.90. The second kappa shape index (κ2) is 4.58. The SMILES string of the molecule is CCC(O)(CC)Cc1sccc1Br. The van der Waals surface area contributed by atoms with Crippen LogP contribution in [0.3, 0.4) is 0 Å². The van der Waals surface area contributed by atoms with Gasteiger partial charge in [0.2, 0.25) is 0 Å². The van der Waals surface area contributed by atoms with Crippen LogP contribution in [-0.4, -0.2) is 10.7 Å². The van der Waals surface area contributed by atoms with E-state index in [0.29, 0.717) is 0 Å². The van der Waals surface area contributed by atoms with Crippen molar-refractivity contribution in [3.63, 3.8) is 0 Å². The van der Waals surface area contributed by atoms with Crippen molar-refractivity contribution >= 4 is 27.3 Å². The van der Waals surface area contributed by atoms with Gasteiger partial charge in [0.05, 0.1) is 5.60 Å². The van der Waals surface area contributed by atoms with Crippen LogP contribution in [0.4, 0.5) is 0 Å². The predicted octanol–water partition coefficient (Wildman–Crippen LogP) is 3.60. The van der Waals surface area contributed by atoms with Gasteiger partial charge in [0, 0.05) is 15.8 Å². The third kappa shape index (κ3) is 2.79. The van der Waals surface area contributed by atoms with E-state index in [-0.39, 0.29) is 0 Å². The Kier molecular flexibility index (Phi) is 3.95. The van der Waals surface area contributed by atoms with Crippen LogP contribution in [0.2, 0.25) is 0 Å². The van der Waals surface area contributed by atoms with Gasteiger partial charge in [-0.25, -0.2) is 0 Å². The monoisotopic (exact) mass is 262 g/mol. The molecule has 0 saturated heterocycles. The van der Waals surface area contributed by atoms with Crippen molar-refractivity contribution in [2.75, 3.05) is 0 Å². The van der Waals surface area contributed by atoms with Crippen molar-refractivity contribution in [2.24, 2.45) is 0 Å².